The van der Waals surface area contributed by atoms with Crippen LogP contribution in [0.4, 0.5) is 4.79 Å². The second kappa shape index (κ2) is 11.0. The Labute approximate surface area is 161 Å². The molecule has 1 rings (SSSR count). The Morgan fingerprint density at radius 1 is 1.15 bits per heavy atom. The first-order valence-electron chi connectivity index (χ1n) is 8.27. The van der Waals surface area contributed by atoms with E-state index in [1.54, 1.807) is 31.2 Å². The Hall–Kier alpha value is -2.81. The van der Waals surface area contributed by atoms with Crippen molar-refractivity contribution in [3.8, 4) is 0 Å². The summed E-state index contributed by atoms with van der Waals surface area (Å²) in [6.45, 7) is 3.16. The molecular formula is C17H23ClN4O5. The number of amides is 4. The summed E-state index contributed by atoms with van der Waals surface area (Å²) in [5, 5.41) is 7.90. The molecule has 0 radical (unpaired) electrons. The maximum absolute atomic E-state index is 12.0. The maximum Gasteiger partial charge on any atom is 0.312 e. The number of rotatable bonds is 9. The molecule has 9 nitrogen and oxygen atoms in total. The fraction of sp³-hybridized carbons (Fsp3) is 0.412. The predicted molar refractivity (Wildman–Crippen MR) is 98.8 cm³/mol. The highest BCUT2D eigenvalue weighted by atomic mass is 35.5. The van der Waals surface area contributed by atoms with Crippen molar-refractivity contribution in [3.05, 3.63) is 34.9 Å². The number of primary amides is 1. The van der Waals surface area contributed by atoms with Gasteiger partial charge >= 0.3 is 12.0 Å². The van der Waals surface area contributed by atoms with E-state index in [4.69, 9.17) is 22.1 Å². The first kappa shape index (κ1) is 22.2. The molecule has 5 N–H and O–H groups in total. The Morgan fingerprint density at radius 3 is 2.33 bits per heavy atom. The van der Waals surface area contributed by atoms with Gasteiger partial charge in [-0.1, -0.05) is 23.7 Å². The van der Waals surface area contributed by atoms with E-state index < -0.39 is 36.6 Å². The number of benzene rings is 1. The molecule has 0 spiro atoms. The number of nitrogens with one attached hydrogen (secondary N) is 3. The fourth-order valence-corrected chi connectivity index (χ4v) is 2.29. The van der Waals surface area contributed by atoms with E-state index in [-0.39, 0.29) is 12.3 Å². The molecule has 0 saturated carbocycles. The van der Waals surface area contributed by atoms with Gasteiger partial charge in [-0.15, -0.1) is 0 Å². The number of carbonyl (C=O) groups is 4. The van der Waals surface area contributed by atoms with Crippen molar-refractivity contribution in [1.82, 2.24) is 16.0 Å². The van der Waals surface area contributed by atoms with Crippen molar-refractivity contribution in [2.75, 3.05) is 13.2 Å². The highest BCUT2D eigenvalue weighted by molar-refractivity contribution is 6.30. The smallest absolute Gasteiger partial charge is 0.312 e. The average molecular weight is 399 g/mol. The van der Waals surface area contributed by atoms with Crippen molar-refractivity contribution in [2.24, 2.45) is 5.73 Å². The molecule has 2 atom stereocenters. The van der Waals surface area contributed by atoms with E-state index in [2.05, 4.69) is 16.0 Å². The summed E-state index contributed by atoms with van der Waals surface area (Å²) < 4.78 is 4.90. The minimum Gasteiger partial charge on any atom is -0.456 e. The van der Waals surface area contributed by atoms with E-state index in [1.165, 1.54) is 6.92 Å². The van der Waals surface area contributed by atoms with E-state index in [0.717, 1.165) is 0 Å². The van der Waals surface area contributed by atoms with Gasteiger partial charge in [-0.25, -0.2) is 4.79 Å². The monoisotopic (exact) mass is 398 g/mol. The van der Waals surface area contributed by atoms with Gasteiger partial charge in [0, 0.05) is 11.6 Å². The van der Waals surface area contributed by atoms with Gasteiger partial charge in [0.05, 0.1) is 12.5 Å². The first-order valence-corrected chi connectivity index (χ1v) is 8.64. The van der Waals surface area contributed by atoms with Gasteiger partial charge in [0.15, 0.2) is 6.61 Å². The minimum absolute atomic E-state index is 0.232. The number of hydrogen-bond acceptors (Lipinski definition) is 5. The molecule has 1 aromatic rings. The van der Waals surface area contributed by atoms with Crippen molar-refractivity contribution in [3.63, 3.8) is 0 Å². The molecular weight excluding hydrogens is 376 g/mol. The highest BCUT2D eigenvalue weighted by Crippen LogP contribution is 2.19. The molecule has 0 aliphatic carbocycles. The standard InChI is InChI=1S/C17H23ClN4O5/c1-3-20-16(25)10(2)21-14(23)9-27-15(24)8-13(22-17(19)26)11-4-6-12(18)7-5-11/h4-7,10,13H,3,8-9H2,1-2H3,(H,20,25)(H,21,23)(H3,19,22,26)/t10-,13+/m1/s1. The predicted octanol–water partition coefficient (Wildman–Crippen LogP) is 0.624. The molecule has 0 unspecified atom stereocenters. The summed E-state index contributed by atoms with van der Waals surface area (Å²) in [7, 11) is 0. The van der Waals surface area contributed by atoms with Crippen molar-refractivity contribution in [2.45, 2.75) is 32.4 Å². The third-order valence-electron chi connectivity index (χ3n) is 3.45. The molecule has 0 heterocycles. The summed E-state index contributed by atoms with van der Waals surface area (Å²) in [6.07, 6.45) is -0.232. The lowest BCUT2D eigenvalue weighted by Crippen LogP contribution is -2.46. The zero-order valence-corrected chi connectivity index (χ0v) is 15.8. The number of urea groups is 1. The highest BCUT2D eigenvalue weighted by Gasteiger charge is 2.20. The Balaban J connectivity index is 2.56. The molecule has 27 heavy (non-hydrogen) atoms. The number of ether oxygens (including phenoxy) is 1. The summed E-state index contributed by atoms with van der Waals surface area (Å²) >= 11 is 5.82. The second-order valence-electron chi connectivity index (χ2n) is 5.66. The molecule has 0 bridgehead atoms. The molecule has 10 heteroatoms. The normalized spacial score (nSPS) is 12.4. The Bertz CT molecular complexity index is 680. The van der Waals surface area contributed by atoms with Gasteiger partial charge in [-0.2, -0.15) is 0 Å². The summed E-state index contributed by atoms with van der Waals surface area (Å²) in [5.41, 5.74) is 5.74. The maximum atomic E-state index is 12.0. The molecule has 4 amide bonds. The molecule has 0 fully saturated rings. The van der Waals surface area contributed by atoms with Crippen LogP contribution >= 0.6 is 11.6 Å². The van der Waals surface area contributed by atoms with Gasteiger partial charge < -0.3 is 26.4 Å². The van der Waals surface area contributed by atoms with Crippen molar-refractivity contribution in [1.29, 1.82) is 0 Å². The van der Waals surface area contributed by atoms with Crippen LogP contribution in [-0.2, 0) is 19.1 Å². The van der Waals surface area contributed by atoms with Gasteiger partial charge in [0.1, 0.15) is 6.04 Å². The lowest BCUT2D eigenvalue weighted by Gasteiger charge is -2.18. The van der Waals surface area contributed by atoms with Gasteiger partial charge in [-0.3, -0.25) is 14.4 Å². The van der Waals surface area contributed by atoms with Gasteiger partial charge in [-0.05, 0) is 31.5 Å². The topological polar surface area (TPSA) is 140 Å². The van der Waals surface area contributed by atoms with E-state index in [9.17, 15) is 19.2 Å². The van der Waals surface area contributed by atoms with E-state index in [0.29, 0.717) is 17.1 Å². The fourth-order valence-electron chi connectivity index (χ4n) is 2.17. The number of likely N-dealkylation sites (N-methyl/N-ethyl adjacent to an activating group) is 1. The number of hydrogen-bond donors (Lipinski definition) is 4. The molecule has 148 valence electrons. The van der Waals surface area contributed by atoms with E-state index >= 15 is 0 Å². The number of nitrogens with two attached hydrogens (primary N) is 1. The molecule has 0 aromatic heterocycles. The van der Waals surface area contributed by atoms with Crippen LogP contribution in [0.25, 0.3) is 0 Å². The molecule has 1 aromatic carbocycles. The van der Waals surface area contributed by atoms with Crippen molar-refractivity contribution < 1.29 is 23.9 Å². The quantitative estimate of drug-likeness (QED) is 0.451. The SMILES string of the molecule is CCNC(=O)[C@@H](C)NC(=O)COC(=O)C[C@H](NC(N)=O)c1ccc(Cl)cc1. The summed E-state index contributed by atoms with van der Waals surface area (Å²) in [5.74, 6) is -1.68. The first-order chi connectivity index (χ1) is 12.7. The van der Waals surface area contributed by atoms with Crippen LogP contribution in [0.5, 0.6) is 0 Å². The Morgan fingerprint density at radius 2 is 1.78 bits per heavy atom. The molecule has 0 saturated heterocycles. The van der Waals surface area contributed by atoms with Crippen LogP contribution in [0.1, 0.15) is 31.9 Å². The van der Waals surface area contributed by atoms with Crippen LogP contribution in [0.15, 0.2) is 24.3 Å². The minimum atomic E-state index is -0.809. The van der Waals surface area contributed by atoms with Crippen LogP contribution in [0.3, 0.4) is 0 Å². The second-order valence-corrected chi connectivity index (χ2v) is 6.10. The van der Waals surface area contributed by atoms with Gasteiger partial charge in [0.25, 0.3) is 5.91 Å². The van der Waals surface area contributed by atoms with Crippen LogP contribution in [0.2, 0.25) is 5.02 Å². The Kier molecular flexibility index (Phi) is 9.07. The number of carbonyl (C=O) groups excluding carboxylic acids is 4. The zero-order chi connectivity index (χ0) is 20.4. The number of esters is 1. The summed E-state index contributed by atoms with van der Waals surface area (Å²) in [4.78, 5) is 46.5. The van der Waals surface area contributed by atoms with E-state index in [1.807, 2.05) is 0 Å². The third-order valence-corrected chi connectivity index (χ3v) is 3.70. The molecule has 0 aliphatic rings. The average Bonchev–Trinajstić information content (AvgIpc) is 2.60. The van der Waals surface area contributed by atoms with Crippen LogP contribution in [-0.4, -0.2) is 43.0 Å². The van der Waals surface area contributed by atoms with Gasteiger partial charge in [0.2, 0.25) is 5.91 Å². The third kappa shape index (κ3) is 8.41. The lowest BCUT2D eigenvalue weighted by molar-refractivity contribution is -0.149. The lowest BCUT2D eigenvalue weighted by atomic mass is 10.0. The van der Waals surface area contributed by atoms with Crippen LogP contribution < -0.4 is 21.7 Å². The largest absolute Gasteiger partial charge is 0.456 e. The zero-order valence-electron chi connectivity index (χ0n) is 15.1. The number of halogens is 1. The van der Waals surface area contributed by atoms with Crippen LogP contribution in [0, 0.1) is 0 Å². The molecule has 0 aliphatic heterocycles. The summed E-state index contributed by atoms with van der Waals surface area (Å²) in [6, 6.07) is 4.19. The van der Waals surface area contributed by atoms with Crippen molar-refractivity contribution >= 4 is 35.4 Å².